The summed E-state index contributed by atoms with van der Waals surface area (Å²) >= 11 is 1.86. The molecule has 0 fully saturated rings. The zero-order valence-electron chi connectivity index (χ0n) is 14.7. The number of nitrogens with zero attached hydrogens (tertiary/aromatic N) is 1. The number of aliphatic imine (C=N–C) groups is 1. The molecule has 0 amide bonds. The van der Waals surface area contributed by atoms with Gasteiger partial charge in [-0.25, -0.2) is 0 Å². The Balaban J connectivity index is 2.19. The number of hydrogen-bond donors (Lipinski definition) is 2. The van der Waals surface area contributed by atoms with Gasteiger partial charge in [0, 0.05) is 43.5 Å². The summed E-state index contributed by atoms with van der Waals surface area (Å²) in [5.41, 5.74) is 1.30. The highest BCUT2D eigenvalue weighted by Crippen LogP contribution is 2.17. The minimum atomic E-state index is 0.798. The summed E-state index contributed by atoms with van der Waals surface area (Å²) in [6, 6.07) is 8.67. The lowest BCUT2D eigenvalue weighted by Crippen LogP contribution is -2.38. The van der Waals surface area contributed by atoms with Gasteiger partial charge in [-0.1, -0.05) is 17.7 Å². The monoisotopic (exact) mass is 337 g/mol. The predicted octanol–water partition coefficient (Wildman–Crippen LogP) is 3.46. The zero-order chi connectivity index (χ0) is 16.8. The maximum absolute atomic E-state index is 5.33. The van der Waals surface area contributed by atoms with Crippen LogP contribution in [0.15, 0.2) is 34.2 Å². The van der Waals surface area contributed by atoms with E-state index >= 15 is 0 Å². The van der Waals surface area contributed by atoms with Crippen LogP contribution in [0.1, 0.15) is 32.3 Å². The molecule has 0 aliphatic heterocycles. The zero-order valence-corrected chi connectivity index (χ0v) is 15.5. The number of hydrogen-bond acceptors (Lipinski definition) is 3. The second-order valence-electron chi connectivity index (χ2n) is 5.25. The summed E-state index contributed by atoms with van der Waals surface area (Å²) in [5.74, 6) is 1.94. The van der Waals surface area contributed by atoms with Crippen molar-refractivity contribution in [2.75, 3.05) is 38.6 Å². The van der Waals surface area contributed by atoms with Gasteiger partial charge in [0.1, 0.15) is 0 Å². The van der Waals surface area contributed by atoms with Crippen molar-refractivity contribution in [2.24, 2.45) is 4.99 Å². The maximum Gasteiger partial charge on any atom is 0.191 e. The molecule has 23 heavy (non-hydrogen) atoms. The van der Waals surface area contributed by atoms with Gasteiger partial charge in [-0.05, 0) is 45.7 Å². The Morgan fingerprint density at radius 1 is 1.13 bits per heavy atom. The third-order valence-corrected chi connectivity index (χ3v) is 4.21. The summed E-state index contributed by atoms with van der Waals surface area (Å²) in [6.45, 7) is 10.5. The molecule has 0 bridgehead atoms. The molecule has 0 spiro atoms. The van der Waals surface area contributed by atoms with Gasteiger partial charge in [-0.15, -0.1) is 11.8 Å². The van der Waals surface area contributed by atoms with Crippen molar-refractivity contribution in [3.05, 3.63) is 29.8 Å². The Labute approximate surface area is 145 Å². The molecular weight excluding hydrogens is 306 g/mol. The van der Waals surface area contributed by atoms with Crippen molar-refractivity contribution in [1.82, 2.24) is 10.6 Å². The van der Waals surface area contributed by atoms with Crippen LogP contribution in [0.5, 0.6) is 0 Å². The van der Waals surface area contributed by atoms with Gasteiger partial charge in [0.15, 0.2) is 5.96 Å². The van der Waals surface area contributed by atoms with Gasteiger partial charge in [-0.3, -0.25) is 4.99 Å². The highest BCUT2D eigenvalue weighted by Gasteiger charge is 1.98. The minimum Gasteiger partial charge on any atom is -0.382 e. The number of ether oxygens (including phenoxy) is 1. The van der Waals surface area contributed by atoms with E-state index in [9.17, 15) is 0 Å². The Hall–Kier alpha value is -1.20. The Bertz CT molecular complexity index is 434. The van der Waals surface area contributed by atoms with E-state index in [1.54, 1.807) is 0 Å². The molecule has 1 rings (SSSR count). The van der Waals surface area contributed by atoms with Crippen LogP contribution in [0.2, 0.25) is 0 Å². The normalized spacial score (nSPS) is 11.5. The molecule has 0 radical (unpaired) electrons. The van der Waals surface area contributed by atoms with Crippen LogP contribution in [0.3, 0.4) is 0 Å². The molecule has 0 aliphatic carbocycles. The van der Waals surface area contributed by atoms with Crippen LogP contribution in [0.25, 0.3) is 0 Å². The molecule has 130 valence electrons. The lowest BCUT2D eigenvalue weighted by Gasteiger charge is -2.11. The highest BCUT2D eigenvalue weighted by atomic mass is 32.2. The maximum atomic E-state index is 5.33. The summed E-state index contributed by atoms with van der Waals surface area (Å²) in [6.07, 6.45) is 2.13. The Morgan fingerprint density at radius 3 is 2.61 bits per heavy atom. The van der Waals surface area contributed by atoms with Crippen molar-refractivity contribution < 1.29 is 4.74 Å². The van der Waals surface area contributed by atoms with E-state index in [0.29, 0.717) is 0 Å². The average molecular weight is 338 g/mol. The molecule has 0 atom stereocenters. The van der Waals surface area contributed by atoms with Crippen LogP contribution in [-0.2, 0) is 4.74 Å². The van der Waals surface area contributed by atoms with Crippen LogP contribution < -0.4 is 10.6 Å². The number of unbranched alkanes of at least 4 members (excludes halogenated alkanes) is 1. The smallest absolute Gasteiger partial charge is 0.191 e. The molecular formula is C18H31N3OS. The van der Waals surface area contributed by atoms with Crippen molar-refractivity contribution in [3.8, 4) is 0 Å². The van der Waals surface area contributed by atoms with E-state index < -0.39 is 0 Å². The van der Waals surface area contributed by atoms with Gasteiger partial charge in [0.2, 0.25) is 0 Å². The van der Waals surface area contributed by atoms with E-state index in [0.717, 1.165) is 57.4 Å². The molecule has 0 unspecified atom stereocenters. The van der Waals surface area contributed by atoms with Crippen LogP contribution >= 0.6 is 11.8 Å². The molecule has 4 nitrogen and oxygen atoms in total. The van der Waals surface area contributed by atoms with Gasteiger partial charge in [0.25, 0.3) is 0 Å². The average Bonchev–Trinajstić information content (AvgIpc) is 2.56. The second-order valence-corrected chi connectivity index (χ2v) is 6.42. The number of aryl methyl sites for hydroxylation is 1. The van der Waals surface area contributed by atoms with E-state index in [1.807, 2.05) is 18.7 Å². The number of nitrogens with one attached hydrogen (secondary N) is 2. The first-order valence-electron chi connectivity index (χ1n) is 8.55. The highest BCUT2D eigenvalue weighted by molar-refractivity contribution is 7.99. The quantitative estimate of drug-likeness (QED) is 0.281. The van der Waals surface area contributed by atoms with Crippen LogP contribution in [0.4, 0.5) is 0 Å². The van der Waals surface area contributed by atoms with Gasteiger partial charge < -0.3 is 15.4 Å². The van der Waals surface area contributed by atoms with Crippen molar-refractivity contribution in [1.29, 1.82) is 0 Å². The number of rotatable bonds is 11. The SMILES string of the molecule is CCNC(=NCCCCOCC)NCCSc1ccc(C)cc1. The minimum absolute atomic E-state index is 0.798. The second kappa shape index (κ2) is 13.3. The number of benzene rings is 1. The summed E-state index contributed by atoms with van der Waals surface area (Å²) in [4.78, 5) is 5.91. The molecule has 0 saturated carbocycles. The van der Waals surface area contributed by atoms with Gasteiger partial charge >= 0.3 is 0 Å². The van der Waals surface area contributed by atoms with E-state index in [1.165, 1.54) is 10.5 Å². The molecule has 1 aromatic carbocycles. The van der Waals surface area contributed by atoms with Gasteiger partial charge in [0.05, 0.1) is 0 Å². The third-order valence-electron chi connectivity index (χ3n) is 3.20. The number of thioether (sulfide) groups is 1. The molecule has 2 N–H and O–H groups in total. The van der Waals surface area contributed by atoms with E-state index in [2.05, 4.69) is 53.7 Å². The van der Waals surface area contributed by atoms with Crippen molar-refractivity contribution >= 4 is 17.7 Å². The third kappa shape index (κ3) is 10.2. The first-order chi connectivity index (χ1) is 11.3. The molecule has 0 aliphatic rings. The lowest BCUT2D eigenvalue weighted by molar-refractivity contribution is 0.144. The Morgan fingerprint density at radius 2 is 1.91 bits per heavy atom. The summed E-state index contributed by atoms with van der Waals surface area (Å²) in [7, 11) is 0. The largest absolute Gasteiger partial charge is 0.382 e. The molecule has 5 heteroatoms. The predicted molar refractivity (Wildman–Crippen MR) is 102 cm³/mol. The van der Waals surface area contributed by atoms with Crippen molar-refractivity contribution in [2.45, 2.75) is 38.5 Å². The Kier molecular flexibility index (Phi) is 11.4. The molecule has 1 aromatic rings. The fraction of sp³-hybridized carbons (Fsp3) is 0.611. The summed E-state index contributed by atoms with van der Waals surface area (Å²) in [5, 5.41) is 6.68. The number of guanidine groups is 1. The van der Waals surface area contributed by atoms with E-state index in [-0.39, 0.29) is 0 Å². The van der Waals surface area contributed by atoms with Crippen LogP contribution in [-0.4, -0.2) is 44.6 Å². The molecule has 0 aromatic heterocycles. The first kappa shape index (κ1) is 19.8. The van der Waals surface area contributed by atoms with E-state index in [4.69, 9.17) is 4.74 Å². The first-order valence-corrected chi connectivity index (χ1v) is 9.54. The fourth-order valence-electron chi connectivity index (χ4n) is 1.97. The standard InChI is InChI=1S/C18H31N3OS/c1-4-19-18(20-12-6-7-14-22-5-2)21-13-15-23-17-10-8-16(3)9-11-17/h8-11H,4-7,12-15H2,1-3H3,(H2,19,20,21). The van der Waals surface area contributed by atoms with Crippen molar-refractivity contribution in [3.63, 3.8) is 0 Å². The van der Waals surface area contributed by atoms with Crippen LogP contribution in [0, 0.1) is 6.92 Å². The fourth-order valence-corrected chi connectivity index (χ4v) is 2.73. The molecule has 0 heterocycles. The summed E-state index contributed by atoms with van der Waals surface area (Å²) < 4.78 is 5.33. The van der Waals surface area contributed by atoms with Gasteiger partial charge in [-0.2, -0.15) is 0 Å². The topological polar surface area (TPSA) is 45.7 Å². The lowest BCUT2D eigenvalue weighted by atomic mass is 10.2. The molecule has 0 saturated heterocycles.